The number of urea groups is 1. The molecule has 0 aromatic heterocycles. The van der Waals surface area contributed by atoms with Crippen LogP contribution in [0.25, 0.3) is 0 Å². The van der Waals surface area contributed by atoms with E-state index in [1.165, 1.54) is 12.1 Å². The molecule has 0 saturated carbocycles. The summed E-state index contributed by atoms with van der Waals surface area (Å²) < 4.78 is 5.31. The van der Waals surface area contributed by atoms with Crippen molar-refractivity contribution in [3.63, 3.8) is 0 Å². The minimum absolute atomic E-state index is 0.113. The van der Waals surface area contributed by atoms with Crippen LogP contribution in [0.5, 0.6) is 5.75 Å². The Kier molecular flexibility index (Phi) is 5.48. The lowest BCUT2D eigenvalue weighted by Gasteiger charge is -2.33. The van der Waals surface area contributed by atoms with Gasteiger partial charge < -0.3 is 19.9 Å². The number of carbonyl (C=O) groups excluding carboxylic acids is 1. The van der Waals surface area contributed by atoms with Gasteiger partial charge in [-0.05, 0) is 50.7 Å². The largest absolute Gasteiger partial charge is 0.497 e. The molecule has 1 N–H and O–H groups in total. The van der Waals surface area contributed by atoms with Crippen molar-refractivity contribution in [2.24, 2.45) is 5.92 Å². The first-order valence-corrected chi connectivity index (χ1v) is 9.11. The topological polar surface area (TPSA) is 44.8 Å². The fraction of sp³-hybridized carbons (Fsp3) is 0.632. The molecular formula is C19H29N3O2. The summed E-state index contributed by atoms with van der Waals surface area (Å²) in [5.74, 6) is 1.41. The Labute approximate surface area is 145 Å². The number of carbonyl (C=O) groups is 1. The third-order valence-corrected chi connectivity index (χ3v) is 5.31. The van der Waals surface area contributed by atoms with Crippen molar-refractivity contribution in [1.29, 1.82) is 0 Å². The molecule has 0 radical (unpaired) electrons. The quantitative estimate of drug-likeness (QED) is 0.922. The lowest BCUT2D eigenvalue weighted by molar-refractivity contribution is 0.157. The van der Waals surface area contributed by atoms with Crippen LogP contribution in [0.2, 0.25) is 0 Å². The second-order valence-corrected chi connectivity index (χ2v) is 7.03. The molecule has 3 rings (SSSR count). The van der Waals surface area contributed by atoms with E-state index in [-0.39, 0.29) is 6.03 Å². The van der Waals surface area contributed by atoms with Gasteiger partial charge in [-0.25, -0.2) is 4.79 Å². The molecule has 2 heterocycles. The summed E-state index contributed by atoms with van der Waals surface area (Å²) in [6, 6.07) is 8.69. The number of hydrogen-bond acceptors (Lipinski definition) is 3. The smallest absolute Gasteiger partial charge is 0.317 e. The van der Waals surface area contributed by atoms with Crippen LogP contribution in [0.15, 0.2) is 24.3 Å². The number of nitrogens with zero attached hydrogens (tertiary/aromatic N) is 2. The molecule has 0 bridgehead atoms. The second kappa shape index (κ2) is 7.77. The van der Waals surface area contributed by atoms with Gasteiger partial charge in [-0.3, -0.25) is 0 Å². The Morgan fingerprint density at radius 3 is 2.96 bits per heavy atom. The van der Waals surface area contributed by atoms with Crippen molar-refractivity contribution in [3.8, 4) is 5.75 Å². The normalized spacial score (nSPS) is 24.1. The van der Waals surface area contributed by atoms with Crippen LogP contribution in [0.1, 0.15) is 32.6 Å². The fourth-order valence-electron chi connectivity index (χ4n) is 3.77. The highest BCUT2D eigenvalue weighted by molar-refractivity contribution is 5.74. The molecule has 2 aliphatic heterocycles. The van der Waals surface area contributed by atoms with E-state index in [4.69, 9.17) is 4.74 Å². The van der Waals surface area contributed by atoms with Crippen molar-refractivity contribution in [2.75, 3.05) is 38.2 Å². The zero-order valence-corrected chi connectivity index (χ0v) is 14.8. The van der Waals surface area contributed by atoms with E-state index >= 15 is 0 Å². The minimum atomic E-state index is 0.113. The molecule has 1 aromatic rings. The molecule has 2 aliphatic rings. The van der Waals surface area contributed by atoms with Crippen molar-refractivity contribution in [1.82, 2.24) is 10.2 Å². The van der Waals surface area contributed by atoms with Gasteiger partial charge in [0.05, 0.1) is 7.11 Å². The van der Waals surface area contributed by atoms with Gasteiger partial charge in [-0.15, -0.1) is 0 Å². The number of piperidine rings is 1. The van der Waals surface area contributed by atoms with Crippen LogP contribution >= 0.6 is 0 Å². The van der Waals surface area contributed by atoms with Gasteiger partial charge in [0, 0.05) is 44.0 Å². The molecule has 2 amide bonds. The first-order valence-electron chi connectivity index (χ1n) is 9.11. The van der Waals surface area contributed by atoms with Crippen LogP contribution in [0.3, 0.4) is 0 Å². The lowest BCUT2D eigenvalue weighted by Crippen LogP contribution is -2.48. The summed E-state index contributed by atoms with van der Waals surface area (Å²) in [5, 5.41) is 3.15. The first kappa shape index (κ1) is 16.9. The van der Waals surface area contributed by atoms with E-state index in [1.54, 1.807) is 7.11 Å². The van der Waals surface area contributed by atoms with Crippen LogP contribution < -0.4 is 15.0 Å². The lowest BCUT2D eigenvalue weighted by atomic mass is 10.0. The Balaban J connectivity index is 1.48. The van der Waals surface area contributed by atoms with Crippen LogP contribution in [0.4, 0.5) is 10.5 Å². The monoisotopic (exact) mass is 331 g/mol. The Morgan fingerprint density at radius 1 is 1.29 bits per heavy atom. The van der Waals surface area contributed by atoms with Gasteiger partial charge >= 0.3 is 6.03 Å². The van der Waals surface area contributed by atoms with E-state index in [2.05, 4.69) is 29.3 Å². The summed E-state index contributed by atoms with van der Waals surface area (Å²) in [4.78, 5) is 16.8. The maximum absolute atomic E-state index is 12.4. The van der Waals surface area contributed by atoms with E-state index in [9.17, 15) is 4.79 Å². The van der Waals surface area contributed by atoms with E-state index < -0.39 is 0 Å². The molecular weight excluding hydrogens is 302 g/mol. The number of rotatable bonds is 4. The number of benzene rings is 1. The molecule has 0 unspecified atom stereocenters. The number of likely N-dealkylation sites (tertiary alicyclic amines) is 1. The third-order valence-electron chi connectivity index (χ3n) is 5.31. The molecule has 0 spiro atoms. The molecule has 132 valence electrons. The summed E-state index contributed by atoms with van der Waals surface area (Å²) >= 11 is 0. The van der Waals surface area contributed by atoms with E-state index in [0.29, 0.717) is 12.0 Å². The molecule has 2 saturated heterocycles. The van der Waals surface area contributed by atoms with Crippen molar-refractivity contribution in [2.45, 2.75) is 38.6 Å². The molecule has 0 aliphatic carbocycles. The van der Waals surface area contributed by atoms with Crippen LogP contribution in [0, 0.1) is 5.92 Å². The van der Waals surface area contributed by atoms with Crippen molar-refractivity contribution < 1.29 is 9.53 Å². The second-order valence-electron chi connectivity index (χ2n) is 7.03. The predicted molar refractivity (Wildman–Crippen MR) is 96.7 cm³/mol. The summed E-state index contributed by atoms with van der Waals surface area (Å²) in [5.41, 5.74) is 1.20. The van der Waals surface area contributed by atoms with Crippen LogP contribution in [-0.2, 0) is 0 Å². The average molecular weight is 331 g/mol. The zero-order chi connectivity index (χ0) is 16.9. The average Bonchev–Trinajstić information content (AvgIpc) is 3.09. The fourth-order valence-corrected chi connectivity index (χ4v) is 3.77. The Hall–Kier alpha value is -1.91. The van der Waals surface area contributed by atoms with Crippen molar-refractivity contribution in [3.05, 3.63) is 24.3 Å². The van der Waals surface area contributed by atoms with E-state index in [0.717, 1.165) is 51.2 Å². The highest BCUT2D eigenvalue weighted by Crippen LogP contribution is 2.26. The van der Waals surface area contributed by atoms with E-state index in [1.807, 2.05) is 17.0 Å². The zero-order valence-electron chi connectivity index (χ0n) is 14.8. The third kappa shape index (κ3) is 3.94. The molecule has 2 atom stereocenters. The predicted octanol–water partition coefficient (Wildman–Crippen LogP) is 3.11. The van der Waals surface area contributed by atoms with Crippen molar-refractivity contribution >= 4 is 11.7 Å². The molecule has 5 nitrogen and oxygen atoms in total. The number of methoxy groups -OCH3 is 1. The van der Waals surface area contributed by atoms with Gasteiger partial charge in [0.15, 0.2) is 0 Å². The van der Waals surface area contributed by atoms with Gasteiger partial charge in [0.2, 0.25) is 0 Å². The number of amides is 2. The summed E-state index contributed by atoms with van der Waals surface area (Å²) in [7, 11) is 1.70. The maximum Gasteiger partial charge on any atom is 0.317 e. The number of hydrogen-bond donors (Lipinski definition) is 1. The highest BCUT2D eigenvalue weighted by Gasteiger charge is 2.26. The molecule has 24 heavy (non-hydrogen) atoms. The first-order chi connectivity index (χ1) is 11.7. The number of nitrogens with one attached hydrogen (secondary N) is 1. The molecule has 5 heteroatoms. The summed E-state index contributed by atoms with van der Waals surface area (Å²) in [6.45, 7) is 5.84. The Bertz CT molecular complexity index is 563. The number of anilines is 1. The SMILES string of the molecule is COc1cccc(N2CC[C@@H](CNC(=O)N3CCCC[C@H]3C)C2)c1. The maximum atomic E-state index is 12.4. The summed E-state index contributed by atoms with van der Waals surface area (Å²) in [6.07, 6.45) is 4.61. The van der Waals surface area contributed by atoms with Gasteiger partial charge in [-0.1, -0.05) is 6.07 Å². The molecule has 2 fully saturated rings. The van der Waals surface area contributed by atoms with Gasteiger partial charge in [0.1, 0.15) is 5.75 Å². The van der Waals surface area contributed by atoms with Gasteiger partial charge in [0.25, 0.3) is 0 Å². The van der Waals surface area contributed by atoms with Gasteiger partial charge in [-0.2, -0.15) is 0 Å². The Morgan fingerprint density at radius 2 is 2.17 bits per heavy atom. The minimum Gasteiger partial charge on any atom is -0.497 e. The van der Waals surface area contributed by atoms with Crippen LogP contribution in [-0.4, -0.2) is 50.3 Å². The number of ether oxygens (including phenoxy) is 1. The molecule has 1 aromatic carbocycles. The standard InChI is InChI=1S/C19H29N3O2/c1-15-6-3-4-10-22(15)19(23)20-13-16-9-11-21(14-16)17-7-5-8-18(12-17)24-2/h5,7-8,12,15-16H,3-4,6,9-11,13-14H2,1-2H3,(H,20,23)/t15-,16+/m1/s1. The highest BCUT2D eigenvalue weighted by atomic mass is 16.5.